The highest BCUT2D eigenvalue weighted by Crippen LogP contribution is 2.25. The summed E-state index contributed by atoms with van der Waals surface area (Å²) in [5.74, 6) is 2.27. The van der Waals surface area contributed by atoms with E-state index in [9.17, 15) is 0 Å². The molecule has 2 heterocycles. The Morgan fingerprint density at radius 1 is 1.53 bits per heavy atom. The number of hydrogen-bond donors (Lipinski definition) is 1. The second-order valence-corrected chi connectivity index (χ2v) is 5.48. The number of aryl methyl sites for hydroxylation is 2. The van der Waals surface area contributed by atoms with E-state index in [-0.39, 0.29) is 0 Å². The van der Waals surface area contributed by atoms with E-state index in [1.165, 1.54) is 24.2 Å². The molecule has 2 rings (SSSR count). The van der Waals surface area contributed by atoms with Gasteiger partial charge in [-0.2, -0.15) is 11.8 Å². The van der Waals surface area contributed by atoms with Crippen LogP contribution in [0.3, 0.4) is 0 Å². The van der Waals surface area contributed by atoms with Crippen molar-refractivity contribution in [3.05, 3.63) is 17.0 Å². The van der Waals surface area contributed by atoms with E-state index in [0.29, 0.717) is 0 Å². The minimum atomic E-state index is 0.811. The maximum absolute atomic E-state index is 5.12. The molecule has 1 aromatic rings. The number of nitrogens with zero attached hydrogens (tertiary/aromatic N) is 1. The number of rotatable bonds is 4. The topological polar surface area (TPSA) is 38.1 Å². The van der Waals surface area contributed by atoms with Gasteiger partial charge in [0.1, 0.15) is 5.76 Å². The lowest BCUT2D eigenvalue weighted by Crippen LogP contribution is -2.23. The average Bonchev–Trinajstić information content (AvgIpc) is 2.82. The van der Waals surface area contributed by atoms with Gasteiger partial charge in [-0.05, 0) is 32.4 Å². The quantitative estimate of drug-likeness (QED) is 0.854. The van der Waals surface area contributed by atoms with Crippen molar-refractivity contribution < 1.29 is 4.52 Å². The third-order valence-electron chi connectivity index (χ3n) is 2.88. The molecule has 84 valence electrons. The normalized spacial score (nSPS) is 21.1. The highest BCUT2D eigenvalue weighted by Gasteiger charge is 2.15. The number of nitrogens with one attached hydrogen (secondary N) is 1. The van der Waals surface area contributed by atoms with Crippen LogP contribution in [-0.2, 0) is 6.54 Å². The predicted molar refractivity (Wildman–Crippen MR) is 63.2 cm³/mol. The minimum Gasteiger partial charge on any atom is -0.361 e. The highest BCUT2D eigenvalue weighted by molar-refractivity contribution is 8.00. The van der Waals surface area contributed by atoms with E-state index in [0.717, 1.165) is 29.8 Å². The molecule has 15 heavy (non-hydrogen) atoms. The maximum Gasteiger partial charge on any atom is 0.138 e. The summed E-state index contributed by atoms with van der Waals surface area (Å²) >= 11 is 2.09. The maximum atomic E-state index is 5.12. The van der Waals surface area contributed by atoms with Gasteiger partial charge < -0.3 is 9.84 Å². The Morgan fingerprint density at radius 3 is 3.00 bits per heavy atom. The second-order valence-electron chi connectivity index (χ2n) is 4.07. The van der Waals surface area contributed by atoms with Crippen LogP contribution in [0.2, 0.25) is 0 Å². The molecule has 1 unspecified atom stereocenters. The molecule has 0 radical (unpaired) electrons. The molecule has 1 atom stereocenters. The molecule has 1 aliphatic rings. The van der Waals surface area contributed by atoms with Crippen LogP contribution in [0, 0.1) is 13.8 Å². The summed E-state index contributed by atoms with van der Waals surface area (Å²) < 4.78 is 5.12. The lowest BCUT2D eigenvalue weighted by molar-refractivity contribution is 0.392. The molecule has 0 bridgehead atoms. The summed E-state index contributed by atoms with van der Waals surface area (Å²) in [5.41, 5.74) is 2.23. The fourth-order valence-electron chi connectivity index (χ4n) is 1.92. The first-order valence-electron chi connectivity index (χ1n) is 5.51. The third kappa shape index (κ3) is 2.75. The van der Waals surface area contributed by atoms with Gasteiger partial charge in [0, 0.05) is 23.9 Å². The van der Waals surface area contributed by atoms with Crippen molar-refractivity contribution in [3.8, 4) is 0 Å². The highest BCUT2D eigenvalue weighted by atomic mass is 32.2. The van der Waals surface area contributed by atoms with E-state index in [4.69, 9.17) is 4.52 Å². The van der Waals surface area contributed by atoms with Gasteiger partial charge in [0.2, 0.25) is 0 Å². The SMILES string of the molecule is Cc1noc(C)c1CNCC1CCCS1. The molecule has 3 nitrogen and oxygen atoms in total. The fraction of sp³-hybridized carbons (Fsp3) is 0.727. The molecule has 1 aliphatic heterocycles. The molecule has 0 amide bonds. The van der Waals surface area contributed by atoms with E-state index in [1.54, 1.807) is 0 Å². The molecule has 0 spiro atoms. The van der Waals surface area contributed by atoms with Crippen LogP contribution in [0.5, 0.6) is 0 Å². The number of thioether (sulfide) groups is 1. The standard InChI is InChI=1S/C11H18N2OS/c1-8-11(9(2)14-13-8)7-12-6-10-4-3-5-15-10/h10,12H,3-7H2,1-2H3. The summed E-state index contributed by atoms with van der Waals surface area (Å²) in [5, 5.41) is 8.25. The van der Waals surface area contributed by atoms with Crippen LogP contribution in [0.25, 0.3) is 0 Å². The monoisotopic (exact) mass is 226 g/mol. The summed E-state index contributed by atoms with van der Waals surface area (Å²) in [6.07, 6.45) is 2.74. The van der Waals surface area contributed by atoms with Crippen LogP contribution < -0.4 is 5.32 Å². The first kappa shape index (κ1) is 11.0. The Morgan fingerprint density at radius 2 is 2.40 bits per heavy atom. The third-order valence-corrected chi connectivity index (χ3v) is 4.28. The number of hydrogen-bond acceptors (Lipinski definition) is 4. The van der Waals surface area contributed by atoms with Gasteiger partial charge in [-0.1, -0.05) is 5.16 Å². The molecule has 0 saturated carbocycles. The van der Waals surface area contributed by atoms with E-state index in [1.807, 2.05) is 13.8 Å². The molecule has 4 heteroatoms. The minimum absolute atomic E-state index is 0.811. The van der Waals surface area contributed by atoms with E-state index in [2.05, 4.69) is 22.2 Å². The van der Waals surface area contributed by atoms with E-state index < -0.39 is 0 Å². The van der Waals surface area contributed by atoms with Gasteiger partial charge in [0.15, 0.2) is 0 Å². The zero-order valence-electron chi connectivity index (χ0n) is 9.38. The van der Waals surface area contributed by atoms with Gasteiger partial charge in [-0.25, -0.2) is 0 Å². The largest absolute Gasteiger partial charge is 0.361 e. The zero-order valence-corrected chi connectivity index (χ0v) is 10.2. The first-order chi connectivity index (χ1) is 7.27. The molecular formula is C11H18N2OS. The smallest absolute Gasteiger partial charge is 0.138 e. The van der Waals surface area contributed by atoms with Gasteiger partial charge in [-0.15, -0.1) is 0 Å². The van der Waals surface area contributed by atoms with Crippen molar-refractivity contribution in [1.82, 2.24) is 10.5 Å². The Bertz CT molecular complexity index is 299. The molecule has 0 aliphatic carbocycles. The first-order valence-corrected chi connectivity index (χ1v) is 6.56. The molecule has 1 fully saturated rings. The number of aromatic nitrogens is 1. The lowest BCUT2D eigenvalue weighted by atomic mass is 10.2. The van der Waals surface area contributed by atoms with Crippen LogP contribution in [0.15, 0.2) is 4.52 Å². The lowest BCUT2D eigenvalue weighted by Gasteiger charge is -2.09. The van der Waals surface area contributed by atoms with E-state index >= 15 is 0 Å². The van der Waals surface area contributed by atoms with Gasteiger partial charge >= 0.3 is 0 Å². The molecule has 1 saturated heterocycles. The fourth-order valence-corrected chi connectivity index (χ4v) is 3.15. The zero-order chi connectivity index (χ0) is 10.7. The van der Waals surface area contributed by atoms with Crippen molar-refractivity contribution in [3.63, 3.8) is 0 Å². The van der Waals surface area contributed by atoms with Crippen LogP contribution in [-0.4, -0.2) is 22.7 Å². The summed E-state index contributed by atoms with van der Waals surface area (Å²) in [6, 6.07) is 0. The van der Waals surface area contributed by atoms with Gasteiger partial charge in [0.25, 0.3) is 0 Å². The van der Waals surface area contributed by atoms with Crippen LogP contribution >= 0.6 is 11.8 Å². The van der Waals surface area contributed by atoms with Crippen LogP contribution in [0.4, 0.5) is 0 Å². The Kier molecular flexibility index (Phi) is 3.70. The second kappa shape index (κ2) is 5.03. The predicted octanol–water partition coefficient (Wildman–Crippen LogP) is 2.28. The molecule has 0 aromatic carbocycles. The van der Waals surface area contributed by atoms with Crippen molar-refractivity contribution in [2.24, 2.45) is 0 Å². The van der Waals surface area contributed by atoms with Gasteiger partial charge in [-0.3, -0.25) is 0 Å². The van der Waals surface area contributed by atoms with Crippen LogP contribution in [0.1, 0.15) is 29.9 Å². The Hall–Kier alpha value is -0.480. The van der Waals surface area contributed by atoms with Crippen molar-refractivity contribution in [2.75, 3.05) is 12.3 Å². The van der Waals surface area contributed by atoms with Gasteiger partial charge in [0.05, 0.1) is 5.69 Å². The molecule has 1 aromatic heterocycles. The summed E-state index contributed by atoms with van der Waals surface area (Å²) in [7, 11) is 0. The summed E-state index contributed by atoms with van der Waals surface area (Å²) in [4.78, 5) is 0. The average molecular weight is 226 g/mol. The molecule has 1 N–H and O–H groups in total. The van der Waals surface area contributed by atoms with Crippen molar-refractivity contribution in [2.45, 2.75) is 38.5 Å². The van der Waals surface area contributed by atoms with Crippen molar-refractivity contribution in [1.29, 1.82) is 0 Å². The molecular weight excluding hydrogens is 208 g/mol. The Labute approximate surface area is 95.0 Å². The Balaban J connectivity index is 1.77. The van der Waals surface area contributed by atoms with Crippen molar-refractivity contribution >= 4 is 11.8 Å². The summed E-state index contributed by atoms with van der Waals surface area (Å²) in [6.45, 7) is 5.96.